The average Bonchev–Trinajstić information content (AvgIpc) is 3.83. The van der Waals surface area contributed by atoms with E-state index in [1.807, 2.05) is 0 Å². The lowest BCUT2D eigenvalue weighted by molar-refractivity contribution is -0.197. The summed E-state index contributed by atoms with van der Waals surface area (Å²) in [7, 11) is 8.28. The lowest BCUT2D eigenvalue weighted by Gasteiger charge is -2.60. The number of nitrogens with zero attached hydrogens (tertiary/aromatic N) is 5. The van der Waals surface area contributed by atoms with E-state index in [0.29, 0.717) is 43.8 Å². The molecule has 9 nitrogen and oxygen atoms in total. The maximum absolute atomic E-state index is 14.3. The van der Waals surface area contributed by atoms with Gasteiger partial charge < -0.3 is 24.4 Å². The van der Waals surface area contributed by atoms with Crippen LogP contribution in [0.25, 0.3) is 0 Å². The predicted octanol–water partition coefficient (Wildman–Crippen LogP) is 7.49. The van der Waals surface area contributed by atoms with E-state index in [-0.39, 0.29) is 30.0 Å². The number of carbonyl (C=O) groups is 2. The second-order valence-corrected chi connectivity index (χ2v) is 19.1. The van der Waals surface area contributed by atoms with Gasteiger partial charge in [-0.05, 0) is 120 Å². The summed E-state index contributed by atoms with van der Waals surface area (Å²) >= 11 is 0. The van der Waals surface area contributed by atoms with Crippen molar-refractivity contribution < 1.29 is 19.4 Å². The number of carboxylic acid groups (broad SMARTS) is 1. The van der Waals surface area contributed by atoms with Gasteiger partial charge in [-0.1, -0.05) is 70.7 Å². The third-order valence-electron chi connectivity index (χ3n) is 14.8. The third kappa shape index (κ3) is 6.72. The van der Waals surface area contributed by atoms with Gasteiger partial charge in [0, 0.05) is 38.1 Å². The van der Waals surface area contributed by atoms with Crippen LogP contribution in [0.1, 0.15) is 102 Å². The summed E-state index contributed by atoms with van der Waals surface area (Å²) in [4.78, 5) is 45.1. The molecule has 0 radical (unpaired) electrons. The fourth-order valence-corrected chi connectivity index (χ4v) is 12.9. The van der Waals surface area contributed by atoms with E-state index in [1.54, 1.807) is 0 Å². The van der Waals surface area contributed by atoms with Crippen LogP contribution in [0.4, 0.5) is 0 Å². The molecule has 7 rings (SSSR count). The third-order valence-corrected chi connectivity index (χ3v) is 14.8. The van der Waals surface area contributed by atoms with Crippen LogP contribution in [0.2, 0.25) is 0 Å². The molecule has 4 fully saturated rings. The van der Waals surface area contributed by atoms with Crippen molar-refractivity contribution in [3.05, 3.63) is 70.8 Å². The van der Waals surface area contributed by atoms with Gasteiger partial charge >= 0.3 is 5.97 Å². The number of fused-ring (bicyclic) bond motifs is 2. The number of unbranched alkanes of at least 4 members (excludes halogenated alkanes) is 1. The van der Waals surface area contributed by atoms with Gasteiger partial charge in [-0.15, -0.1) is 0 Å². The Morgan fingerprint density at radius 3 is 2.07 bits per heavy atom. The number of aliphatic carboxylic acids is 1. The number of carbonyl (C=O) groups excluding carboxylic acids is 1. The van der Waals surface area contributed by atoms with Crippen LogP contribution in [0.3, 0.4) is 0 Å². The maximum Gasteiger partial charge on any atom is 0.315 e. The number of rotatable bonds is 17. The number of allylic oxidation sites excluding steroid dienone is 1. The molecule has 7 unspecified atom stereocenters. The Labute approximate surface area is 330 Å². The monoisotopic (exact) mass is 754 g/mol. The Balaban J connectivity index is 1.26. The SMILES string of the molecule is CCCCC1CC(C23C[C@@H]4[C@H](C)CC[C@H]4C4(C=O)CC2C=C(C(C)C)C34C(=O)O)OC1CN(Cc1cccc(CN(C)C)n1)Cc1cccc(CN(C)C)n1. The van der Waals surface area contributed by atoms with Gasteiger partial charge in [0.25, 0.3) is 0 Å². The van der Waals surface area contributed by atoms with Crippen LogP contribution in [0.15, 0.2) is 48.0 Å². The molecule has 300 valence electrons. The van der Waals surface area contributed by atoms with E-state index in [0.717, 1.165) is 92.7 Å². The van der Waals surface area contributed by atoms with E-state index < -0.39 is 22.2 Å². The van der Waals surface area contributed by atoms with Crippen molar-refractivity contribution in [2.24, 2.45) is 51.8 Å². The summed E-state index contributed by atoms with van der Waals surface area (Å²) in [5.41, 5.74) is 2.39. The summed E-state index contributed by atoms with van der Waals surface area (Å²) < 4.78 is 7.54. The van der Waals surface area contributed by atoms with Crippen molar-refractivity contribution in [2.45, 2.75) is 117 Å². The zero-order valence-corrected chi connectivity index (χ0v) is 34.8. The van der Waals surface area contributed by atoms with Crippen LogP contribution in [-0.4, -0.2) is 89.0 Å². The molecule has 0 aromatic carbocycles. The highest BCUT2D eigenvalue weighted by Gasteiger charge is 2.86. The first-order valence-electron chi connectivity index (χ1n) is 21.3. The minimum Gasteiger partial charge on any atom is -0.481 e. The Hall–Kier alpha value is -2.98. The predicted molar refractivity (Wildman–Crippen MR) is 216 cm³/mol. The molecule has 2 aromatic heterocycles. The molecule has 55 heavy (non-hydrogen) atoms. The Morgan fingerprint density at radius 1 is 0.945 bits per heavy atom. The molecule has 4 bridgehead atoms. The van der Waals surface area contributed by atoms with E-state index in [1.165, 1.54) is 0 Å². The lowest BCUT2D eigenvalue weighted by atomic mass is 9.41. The minimum absolute atomic E-state index is 0.0305. The second kappa shape index (κ2) is 15.8. The van der Waals surface area contributed by atoms with Crippen molar-refractivity contribution in [1.82, 2.24) is 24.7 Å². The molecular formula is C46H67N5O4. The summed E-state index contributed by atoms with van der Waals surface area (Å²) in [6.45, 7) is 12.4. The molecule has 1 saturated heterocycles. The van der Waals surface area contributed by atoms with Crippen molar-refractivity contribution in [3.8, 4) is 0 Å². The van der Waals surface area contributed by atoms with E-state index in [4.69, 9.17) is 14.7 Å². The molecule has 0 amide bonds. The fraction of sp³-hybridized carbons (Fsp3) is 0.696. The highest BCUT2D eigenvalue weighted by Crippen LogP contribution is 2.84. The smallest absolute Gasteiger partial charge is 0.315 e. The normalized spacial score (nSPS) is 35.0. The molecule has 10 atom stereocenters. The molecule has 1 N–H and O–H groups in total. The summed E-state index contributed by atoms with van der Waals surface area (Å²) in [6.07, 6.45) is 10.8. The number of ether oxygens (including phenoxy) is 1. The van der Waals surface area contributed by atoms with E-state index in [2.05, 4.69) is 113 Å². The molecule has 0 spiro atoms. The number of pyridine rings is 2. The minimum atomic E-state index is -1.23. The number of hydrogen-bond acceptors (Lipinski definition) is 8. The summed E-state index contributed by atoms with van der Waals surface area (Å²) in [5.74, 6) is 0.520. The Kier molecular flexibility index (Phi) is 11.5. The molecule has 1 aliphatic heterocycles. The first-order valence-corrected chi connectivity index (χ1v) is 21.3. The average molecular weight is 754 g/mol. The van der Waals surface area contributed by atoms with Crippen LogP contribution < -0.4 is 0 Å². The fourth-order valence-electron chi connectivity index (χ4n) is 12.9. The van der Waals surface area contributed by atoms with Crippen molar-refractivity contribution in [1.29, 1.82) is 0 Å². The molecular weight excluding hydrogens is 687 g/mol. The number of hydrogen-bond donors (Lipinski definition) is 1. The Morgan fingerprint density at radius 2 is 1.55 bits per heavy atom. The van der Waals surface area contributed by atoms with Gasteiger partial charge in [0.2, 0.25) is 0 Å². The van der Waals surface area contributed by atoms with Crippen LogP contribution in [-0.2, 0) is 40.5 Å². The molecule has 5 aliphatic rings. The van der Waals surface area contributed by atoms with Gasteiger partial charge in [-0.3, -0.25) is 19.7 Å². The van der Waals surface area contributed by atoms with Crippen LogP contribution in [0, 0.1) is 51.8 Å². The highest BCUT2D eigenvalue weighted by molar-refractivity contribution is 5.90. The summed E-state index contributed by atoms with van der Waals surface area (Å²) in [6, 6.07) is 12.7. The van der Waals surface area contributed by atoms with Crippen LogP contribution in [0.5, 0.6) is 0 Å². The standard InChI is InChI=1S/C46H67N5O4/c1-9-10-13-32-20-42(45-23-38-31(4)18-19-39(38)44(29-52)22-33(45)21-40(30(2)3)46(44,45)43(53)54)55-41(32)28-51(26-36-16-11-14-34(47-36)24-49(5)6)27-37-17-12-15-35(48-37)25-50(7)8/h11-12,14-17,21,29-33,38-39,41-42H,9-10,13,18-20,22-28H2,1-8H3,(H,53,54)/t31-,32?,33?,38-,39-,41?,42?,44?,45?,46?/m1/s1. The quantitative estimate of drug-likeness (QED) is 0.130. The molecule has 3 heterocycles. The van der Waals surface area contributed by atoms with Gasteiger partial charge in [-0.25, -0.2) is 0 Å². The summed E-state index contributed by atoms with van der Waals surface area (Å²) in [5, 5.41) is 11.7. The largest absolute Gasteiger partial charge is 0.481 e. The molecule has 9 heteroatoms. The highest BCUT2D eigenvalue weighted by atomic mass is 16.5. The van der Waals surface area contributed by atoms with E-state index >= 15 is 0 Å². The number of aromatic nitrogens is 2. The van der Waals surface area contributed by atoms with Gasteiger partial charge in [0.05, 0.1) is 40.4 Å². The van der Waals surface area contributed by atoms with Gasteiger partial charge in [-0.2, -0.15) is 0 Å². The molecule has 4 aliphatic carbocycles. The van der Waals surface area contributed by atoms with Gasteiger partial charge in [0.15, 0.2) is 0 Å². The number of carboxylic acids is 1. The van der Waals surface area contributed by atoms with Crippen molar-refractivity contribution in [3.63, 3.8) is 0 Å². The zero-order chi connectivity index (χ0) is 39.3. The van der Waals surface area contributed by atoms with E-state index in [9.17, 15) is 14.7 Å². The maximum atomic E-state index is 14.3. The lowest BCUT2D eigenvalue weighted by Crippen LogP contribution is -2.65. The molecule has 3 saturated carbocycles. The van der Waals surface area contributed by atoms with Gasteiger partial charge in [0.1, 0.15) is 11.7 Å². The first kappa shape index (κ1) is 40.2. The topological polar surface area (TPSA) is 99.1 Å². The second-order valence-electron chi connectivity index (χ2n) is 19.1. The zero-order valence-electron chi connectivity index (χ0n) is 34.8. The van der Waals surface area contributed by atoms with Crippen LogP contribution >= 0.6 is 0 Å². The Bertz CT molecular complexity index is 1690. The van der Waals surface area contributed by atoms with Crippen molar-refractivity contribution in [2.75, 3.05) is 34.7 Å². The number of aldehydes is 1. The molecule has 2 aromatic rings. The van der Waals surface area contributed by atoms with Crippen molar-refractivity contribution >= 4 is 12.3 Å². The first-order chi connectivity index (χ1) is 26.3.